The van der Waals surface area contributed by atoms with Crippen LogP contribution in [0.25, 0.3) is 0 Å². The minimum Gasteiger partial charge on any atom is -0.328 e. The Bertz CT molecular complexity index is 489. The van der Waals surface area contributed by atoms with Crippen LogP contribution in [0.4, 0.5) is 0 Å². The Labute approximate surface area is 108 Å². The number of hydrogen-bond acceptors (Lipinski definition) is 4. The van der Waals surface area contributed by atoms with Crippen LogP contribution >= 0.6 is 0 Å². The van der Waals surface area contributed by atoms with Crippen molar-refractivity contribution < 1.29 is 8.42 Å². The van der Waals surface area contributed by atoms with Gasteiger partial charge in [0.2, 0.25) is 0 Å². The summed E-state index contributed by atoms with van der Waals surface area (Å²) < 4.78 is 28.1. The molecule has 1 aromatic rings. The van der Waals surface area contributed by atoms with Gasteiger partial charge < -0.3 is 5.73 Å². The number of nitrogens with zero attached hydrogens (tertiary/aromatic N) is 2. The van der Waals surface area contributed by atoms with Gasteiger partial charge in [-0.3, -0.25) is 4.68 Å². The minimum absolute atomic E-state index is 0.204. The summed E-state index contributed by atoms with van der Waals surface area (Å²) >= 11 is 0. The number of nitrogens with two attached hydrogens (primary N) is 1. The van der Waals surface area contributed by atoms with Crippen LogP contribution in [0.2, 0.25) is 0 Å². The highest BCUT2D eigenvalue weighted by molar-refractivity contribution is 7.89. The Balaban J connectivity index is 1.92. The number of sulfonamides is 1. The average molecular weight is 272 g/mol. The van der Waals surface area contributed by atoms with E-state index in [2.05, 4.69) is 9.82 Å². The number of rotatable bonds is 4. The third-order valence-corrected chi connectivity index (χ3v) is 5.00. The van der Waals surface area contributed by atoms with E-state index in [9.17, 15) is 8.42 Å². The standard InChI is InChI=1S/C11H20N4O2S/c1-15-11(6-7-13-15)18(16,17)14-8-9-2-4-10(12)5-3-9/h6-7,9-10,14H,2-5,8,12H2,1H3. The van der Waals surface area contributed by atoms with Gasteiger partial charge in [0.25, 0.3) is 10.0 Å². The topological polar surface area (TPSA) is 90.0 Å². The van der Waals surface area contributed by atoms with Crippen LogP contribution in [-0.4, -0.2) is 30.8 Å². The molecular formula is C11H20N4O2S. The molecule has 18 heavy (non-hydrogen) atoms. The fourth-order valence-corrected chi connectivity index (χ4v) is 3.56. The van der Waals surface area contributed by atoms with Crippen LogP contribution in [0, 0.1) is 5.92 Å². The van der Waals surface area contributed by atoms with E-state index in [4.69, 9.17) is 5.73 Å². The molecule has 0 spiro atoms. The van der Waals surface area contributed by atoms with Gasteiger partial charge in [-0.05, 0) is 37.7 Å². The summed E-state index contributed by atoms with van der Waals surface area (Å²) in [7, 11) is -1.82. The van der Waals surface area contributed by atoms with Crippen molar-refractivity contribution in [3.8, 4) is 0 Å². The van der Waals surface area contributed by atoms with Gasteiger partial charge in [0.1, 0.15) is 0 Å². The number of aromatic nitrogens is 2. The minimum atomic E-state index is -3.44. The Kier molecular flexibility index (Phi) is 4.04. The second kappa shape index (κ2) is 5.38. The molecule has 1 aromatic heterocycles. The Morgan fingerprint density at radius 1 is 1.44 bits per heavy atom. The SMILES string of the molecule is Cn1nccc1S(=O)(=O)NCC1CCC(N)CC1. The zero-order valence-corrected chi connectivity index (χ0v) is 11.4. The summed E-state index contributed by atoms with van der Waals surface area (Å²) in [6.45, 7) is 0.486. The molecule has 1 heterocycles. The molecule has 7 heteroatoms. The van der Waals surface area contributed by atoms with Gasteiger partial charge >= 0.3 is 0 Å². The van der Waals surface area contributed by atoms with E-state index in [1.54, 1.807) is 7.05 Å². The van der Waals surface area contributed by atoms with E-state index < -0.39 is 10.0 Å². The van der Waals surface area contributed by atoms with Crippen molar-refractivity contribution in [3.63, 3.8) is 0 Å². The zero-order chi connectivity index (χ0) is 13.2. The van der Waals surface area contributed by atoms with E-state index in [1.165, 1.54) is 16.9 Å². The molecule has 0 unspecified atom stereocenters. The molecule has 0 aliphatic heterocycles. The van der Waals surface area contributed by atoms with Crippen LogP contribution in [-0.2, 0) is 17.1 Å². The molecule has 0 saturated heterocycles. The largest absolute Gasteiger partial charge is 0.328 e. The summed E-state index contributed by atoms with van der Waals surface area (Å²) in [5, 5.41) is 4.07. The molecule has 1 fully saturated rings. The van der Waals surface area contributed by atoms with Crippen LogP contribution in [0.5, 0.6) is 0 Å². The molecule has 6 nitrogen and oxygen atoms in total. The van der Waals surface area contributed by atoms with E-state index in [0.29, 0.717) is 12.5 Å². The van der Waals surface area contributed by atoms with Gasteiger partial charge in [-0.2, -0.15) is 5.10 Å². The maximum atomic E-state index is 12.0. The molecule has 0 bridgehead atoms. The first-order chi connectivity index (χ1) is 8.49. The lowest BCUT2D eigenvalue weighted by Gasteiger charge is -2.25. The van der Waals surface area contributed by atoms with Gasteiger partial charge in [0, 0.05) is 19.6 Å². The lowest BCUT2D eigenvalue weighted by molar-refractivity contribution is 0.326. The van der Waals surface area contributed by atoms with Gasteiger partial charge in [-0.1, -0.05) is 0 Å². The summed E-state index contributed by atoms with van der Waals surface area (Å²) in [6, 6.07) is 1.79. The monoisotopic (exact) mass is 272 g/mol. The zero-order valence-electron chi connectivity index (χ0n) is 10.5. The van der Waals surface area contributed by atoms with Gasteiger partial charge in [-0.25, -0.2) is 13.1 Å². The first-order valence-electron chi connectivity index (χ1n) is 6.22. The molecule has 1 aliphatic rings. The highest BCUT2D eigenvalue weighted by Crippen LogP contribution is 2.22. The van der Waals surface area contributed by atoms with Crippen LogP contribution < -0.4 is 10.5 Å². The molecule has 0 atom stereocenters. The lowest BCUT2D eigenvalue weighted by Crippen LogP contribution is -2.34. The Morgan fingerprint density at radius 2 is 2.11 bits per heavy atom. The molecule has 0 aromatic carbocycles. The maximum Gasteiger partial charge on any atom is 0.257 e. The number of aryl methyl sites for hydroxylation is 1. The highest BCUT2D eigenvalue weighted by Gasteiger charge is 2.22. The maximum absolute atomic E-state index is 12.0. The van der Waals surface area contributed by atoms with Gasteiger partial charge in [0.15, 0.2) is 5.03 Å². The molecule has 102 valence electrons. The third kappa shape index (κ3) is 3.09. The Morgan fingerprint density at radius 3 is 2.67 bits per heavy atom. The van der Waals surface area contributed by atoms with E-state index in [-0.39, 0.29) is 11.1 Å². The molecule has 1 saturated carbocycles. The molecule has 3 N–H and O–H groups in total. The quantitative estimate of drug-likeness (QED) is 0.820. The lowest BCUT2D eigenvalue weighted by atomic mass is 9.87. The first kappa shape index (κ1) is 13.5. The molecule has 0 radical (unpaired) electrons. The van der Waals surface area contributed by atoms with Crippen molar-refractivity contribution in [2.45, 2.75) is 36.8 Å². The van der Waals surface area contributed by atoms with Crippen molar-refractivity contribution in [1.29, 1.82) is 0 Å². The van der Waals surface area contributed by atoms with Crippen molar-refractivity contribution in [2.24, 2.45) is 18.7 Å². The van der Waals surface area contributed by atoms with Crippen molar-refractivity contribution in [3.05, 3.63) is 12.3 Å². The fraction of sp³-hybridized carbons (Fsp3) is 0.727. The second-order valence-corrected chi connectivity index (χ2v) is 6.64. The summed E-state index contributed by atoms with van der Waals surface area (Å²) in [5.41, 5.74) is 5.83. The highest BCUT2D eigenvalue weighted by atomic mass is 32.2. The number of hydrogen-bond donors (Lipinski definition) is 2. The predicted molar refractivity (Wildman–Crippen MR) is 68.3 cm³/mol. The second-order valence-electron chi connectivity index (χ2n) is 4.93. The van der Waals surface area contributed by atoms with Crippen LogP contribution in [0.1, 0.15) is 25.7 Å². The van der Waals surface area contributed by atoms with Crippen molar-refractivity contribution >= 4 is 10.0 Å². The fourth-order valence-electron chi connectivity index (χ4n) is 2.32. The molecule has 0 amide bonds. The normalized spacial score (nSPS) is 25.2. The van der Waals surface area contributed by atoms with Gasteiger partial charge in [0.05, 0.1) is 6.20 Å². The third-order valence-electron chi connectivity index (χ3n) is 3.50. The van der Waals surface area contributed by atoms with Crippen molar-refractivity contribution in [1.82, 2.24) is 14.5 Å². The van der Waals surface area contributed by atoms with Gasteiger partial charge in [-0.15, -0.1) is 0 Å². The summed E-state index contributed by atoms with van der Waals surface area (Å²) in [6.07, 6.45) is 5.44. The van der Waals surface area contributed by atoms with Crippen LogP contribution in [0.3, 0.4) is 0 Å². The van der Waals surface area contributed by atoms with E-state index in [0.717, 1.165) is 25.7 Å². The predicted octanol–water partition coefficient (Wildman–Crippen LogP) is 0.216. The van der Waals surface area contributed by atoms with E-state index in [1.807, 2.05) is 0 Å². The molecule has 1 aliphatic carbocycles. The average Bonchev–Trinajstić information content (AvgIpc) is 2.76. The Hall–Kier alpha value is -0.920. The van der Waals surface area contributed by atoms with Crippen LogP contribution in [0.15, 0.2) is 17.3 Å². The summed E-state index contributed by atoms with van der Waals surface area (Å²) in [5.74, 6) is 0.396. The summed E-state index contributed by atoms with van der Waals surface area (Å²) in [4.78, 5) is 0. The first-order valence-corrected chi connectivity index (χ1v) is 7.70. The molecule has 2 rings (SSSR count). The smallest absolute Gasteiger partial charge is 0.257 e. The van der Waals surface area contributed by atoms with Crippen molar-refractivity contribution in [2.75, 3.05) is 6.54 Å². The van der Waals surface area contributed by atoms with E-state index >= 15 is 0 Å². The molecular weight excluding hydrogens is 252 g/mol. The number of nitrogens with one attached hydrogen (secondary N) is 1.